The number of aliphatic carboxylic acids is 1. The van der Waals surface area contributed by atoms with Crippen LogP contribution in [-0.4, -0.2) is 51.0 Å². The van der Waals surface area contributed by atoms with E-state index in [2.05, 4.69) is 6.58 Å². The predicted octanol–water partition coefficient (Wildman–Crippen LogP) is 1.39. The summed E-state index contributed by atoms with van der Waals surface area (Å²) in [5.74, 6) is -1.25. The molecule has 0 spiro atoms. The first kappa shape index (κ1) is 15.5. The van der Waals surface area contributed by atoms with Gasteiger partial charge < -0.3 is 14.9 Å². The fraction of sp³-hybridized carbons (Fsp3) is 0.692. The number of nitrogens with zero attached hydrogens (tertiary/aromatic N) is 1. The molecule has 1 aliphatic rings. The number of aliphatic hydroxyl groups is 1. The number of carboxylic acids is 1. The lowest BCUT2D eigenvalue weighted by atomic mass is 9.89. The van der Waals surface area contributed by atoms with Gasteiger partial charge in [-0.05, 0) is 33.6 Å². The highest BCUT2D eigenvalue weighted by molar-refractivity contribution is 5.86. The Morgan fingerprint density at radius 3 is 2.47 bits per heavy atom. The summed E-state index contributed by atoms with van der Waals surface area (Å²) < 4.78 is 5.20. The average Bonchev–Trinajstić information content (AvgIpc) is 2.71. The van der Waals surface area contributed by atoms with Crippen LogP contribution in [0.1, 0.15) is 33.6 Å². The summed E-state index contributed by atoms with van der Waals surface area (Å²) in [6.07, 6.45) is -0.254. The van der Waals surface area contributed by atoms with Gasteiger partial charge in [0.05, 0.1) is 0 Å². The maximum atomic E-state index is 12.1. The molecule has 0 aromatic rings. The van der Waals surface area contributed by atoms with Gasteiger partial charge in [-0.2, -0.15) is 0 Å². The van der Waals surface area contributed by atoms with E-state index in [0.29, 0.717) is 6.42 Å². The van der Waals surface area contributed by atoms with E-state index in [-0.39, 0.29) is 13.0 Å². The lowest BCUT2D eigenvalue weighted by molar-refractivity contribution is -0.155. The Morgan fingerprint density at radius 2 is 2.05 bits per heavy atom. The fourth-order valence-corrected chi connectivity index (χ4v) is 2.26. The first-order valence-corrected chi connectivity index (χ1v) is 6.20. The van der Waals surface area contributed by atoms with Crippen molar-refractivity contribution >= 4 is 12.1 Å². The van der Waals surface area contributed by atoms with Gasteiger partial charge in [-0.3, -0.25) is 4.90 Å². The number of carbonyl (C=O) groups is 2. The summed E-state index contributed by atoms with van der Waals surface area (Å²) in [5, 5.41) is 19.4. The molecule has 108 valence electrons. The fourth-order valence-electron chi connectivity index (χ4n) is 2.26. The molecular formula is C13H21NO5. The Bertz CT molecular complexity index is 387. The Hall–Kier alpha value is -1.56. The van der Waals surface area contributed by atoms with Crippen molar-refractivity contribution in [2.24, 2.45) is 0 Å². The van der Waals surface area contributed by atoms with Crippen LogP contribution in [-0.2, 0) is 9.53 Å². The third-order valence-electron chi connectivity index (χ3n) is 3.12. The molecule has 1 amide bonds. The van der Waals surface area contributed by atoms with Gasteiger partial charge in [0.25, 0.3) is 0 Å². The number of hydrogen-bond acceptors (Lipinski definition) is 4. The van der Waals surface area contributed by atoms with E-state index >= 15 is 0 Å². The molecule has 0 aromatic carbocycles. The molecule has 0 aromatic heterocycles. The van der Waals surface area contributed by atoms with Crippen LogP contribution in [0.25, 0.3) is 0 Å². The second-order valence-electron chi connectivity index (χ2n) is 5.65. The highest BCUT2D eigenvalue weighted by Gasteiger charge is 2.55. The summed E-state index contributed by atoms with van der Waals surface area (Å²) in [5.41, 5.74) is -2.40. The topological polar surface area (TPSA) is 87.1 Å². The van der Waals surface area contributed by atoms with Crippen molar-refractivity contribution in [2.75, 3.05) is 6.54 Å². The van der Waals surface area contributed by atoms with E-state index in [0.717, 1.165) is 11.0 Å². The SMILES string of the molecule is C=CC(O)C1(C(=O)O)CCCN1C(=O)OC(C)(C)C. The zero-order valence-electron chi connectivity index (χ0n) is 11.5. The third-order valence-corrected chi connectivity index (χ3v) is 3.12. The molecular weight excluding hydrogens is 250 g/mol. The molecule has 6 nitrogen and oxygen atoms in total. The number of aliphatic hydroxyl groups excluding tert-OH is 1. The van der Waals surface area contributed by atoms with E-state index in [1.807, 2.05) is 0 Å². The van der Waals surface area contributed by atoms with E-state index in [1.165, 1.54) is 0 Å². The van der Waals surface area contributed by atoms with Crippen molar-refractivity contribution in [1.82, 2.24) is 4.90 Å². The van der Waals surface area contributed by atoms with Crippen molar-refractivity contribution < 1.29 is 24.5 Å². The molecule has 6 heteroatoms. The Morgan fingerprint density at radius 1 is 1.47 bits per heavy atom. The number of carboxylic acid groups (broad SMARTS) is 1. The van der Waals surface area contributed by atoms with Crippen molar-refractivity contribution in [2.45, 2.75) is 50.9 Å². The van der Waals surface area contributed by atoms with Crippen molar-refractivity contribution in [1.29, 1.82) is 0 Å². The van der Waals surface area contributed by atoms with Crippen LogP contribution in [0.4, 0.5) is 4.79 Å². The molecule has 2 atom stereocenters. The molecule has 0 radical (unpaired) electrons. The van der Waals surface area contributed by atoms with Crippen molar-refractivity contribution in [3.8, 4) is 0 Å². The summed E-state index contributed by atoms with van der Waals surface area (Å²) >= 11 is 0. The van der Waals surface area contributed by atoms with Gasteiger partial charge in [0.1, 0.15) is 11.7 Å². The normalized spacial score (nSPS) is 24.9. The molecule has 1 fully saturated rings. The van der Waals surface area contributed by atoms with Gasteiger partial charge in [0.15, 0.2) is 5.54 Å². The quantitative estimate of drug-likeness (QED) is 0.757. The average molecular weight is 271 g/mol. The maximum Gasteiger partial charge on any atom is 0.411 e. The molecule has 1 saturated heterocycles. The molecule has 1 aliphatic heterocycles. The van der Waals surface area contributed by atoms with Gasteiger partial charge >= 0.3 is 12.1 Å². The zero-order valence-corrected chi connectivity index (χ0v) is 11.5. The zero-order chi connectivity index (χ0) is 14.8. The smallest absolute Gasteiger partial charge is 0.411 e. The third kappa shape index (κ3) is 2.89. The molecule has 19 heavy (non-hydrogen) atoms. The van der Waals surface area contributed by atoms with Crippen LogP contribution < -0.4 is 0 Å². The number of ether oxygens (including phenoxy) is 1. The van der Waals surface area contributed by atoms with Crippen LogP contribution in [0.5, 0.6) is 0 Å². The summed E-state index contributed by atoms with van der Waals surface area (Å²) in [7, 11) is 0. The number of carbonyl (C=O) groups excluding carboxylic acids is 1. The molecule has 0 aliphatic carbocycles. The lowest BCUT2D eigenvalue weighted by Crippen LogP contribution is -2.60. The highest BCUT2D eigenvalue weighted by Crippen LogP contribution is 2.34. The first-order chi connectivity index (χ1) is 8.65. The summed E-state index contributed by atoms with van der Waals surface area (Å²) in [6.45, 7) is 8.76. The second-order valence-corrected chi connectivity index (χ2v) is 5.65. The van der Waals surface area contributed by atoms with Gasteiger partial charge in [0, 0.05) is 6.54 Å². The number of rotatable bonds is 3. The Balaban J connectivity index is 3.07. The molecule has 1 heterocycles. The highest BCUT2D eigenvalue weighted by atomic mass is 16.6. The number of amides is 1. The molecule has 0 saturated carbocycles. The van der Waals surface area contributed by atoms with Crippen LogP contribution in [0.3, 0.4) is 0 Å². The minimum atomic E-state index is -1.68. The van der Waals surface area contributed by atoms with Crippen molar-refractivity contribution in [3.63, 3.8) is 0 Å². The van der Waals surface area contributed by atoms with E-state index in [1.54, 1.807) is 20.8 Å². The maximum absolute atomic E-state index is 12.1. The summed E-state index contributed by atoms with van der Waals surface area (Å²) in [6, 6.07) is 0. The van der Waals surface area contributed by atoms with Gasteiger partial charge in [0.2, 0.25) is 0 Å². The minimum Gasteiger partial charge on any atom is -0.479 e. The van der Waals surface area contributed by atoms with E-state index in [9.17, 15) is 19.8 Å². The first-order valence-electron chi connectivity index (χ1n) is 6.20. The molecule has 2 N–H and O–H groups in total. The van der Waals surface area contributed by atoms with E-state index < -0.39 is 29.3 Å². The monoisotopic (exact) mass is 271 g/mol. The van der Waals surface area contributed by atoms with Crippen LogP contribution in [0.2, 0.25) is 0 Å². The van der Waals surface area contributed by atoms with Crippen molar-refractivity contribution in [3.05, 3.63) is 12.7 Å². The molecule has 2 unspecified atom stereocenters. The predicted molar refractivity (Wildman–Crippen MR) is 68.7 cm³/mol. The van der Waals surface area contributed by atoms with Gasteiger partial charge in [-0.1, -0.05) is 6.08 Å². The van der Waals surface area contributed by atoms with E-state index in [4.69, 9.17) is 4.74 Å². The second kappa shape index (κ2) is 5.21. The Labute approximate surface area is 112 Å². The largest absolute Gasteiger partial charge is 0.479 e. The van der Waals surface area contributed by atoms with Gasteiger partial charge in [-0.15, -0.1) is 6.58 Å². The number of likely N-dealkylation sites (tertiary alicyclic amines) is 1. The molecule has 0 bridgehead atoms. The lowest BCUT2D eigenvalue weighted by Gasteiger charge is -2.37. The van der Waals surface area contributed by atoms with Crippen LogP contribution in [0, 0.1) is 0 Å². The standard InChI is InChI=1S/C13H21NO5/c1-5-9(15)13(10(16)17)7-6-8-14(13)11(18)19-12(2,3)4/h5,9,15H,1,6-8H2,2-4H3,(H,16,17). The minimum absolute atomic E-state index is 0.175. The van der Waals surface area contributed by atoms with Crippen LogP contribution >= 0.6 is 0 Å². The summed E-state index contributed by atoms with van der Waals surface area (Å²) in [4.78, 5) is 24.7. The number of hydrogen-bond donors (Lipinski definition) is 2. The Kier molecular flexibility index (Phi) is 4.25. The van der Waals surface area contributed by atoms with Crippen LogP contribution in [0.15, 0.2) is 12.7 Å². The molecule has 1 rings (SSSR count). The van der Waals surface area contributed by atoms with Gasteiger partial charge in [-0.25, -0.2) is 9.59 Å².